The van der Waals surface area contributed by atoms with E-state index in [2.05, 4.69) is 41.5 Å². The monoisotopic (exact) mass is 489 g/mol. The fourth-order valence-corrected chi connectivity index (χ4v) is 4.63. The molecule has 188 valence electrons. The van der Waals surface area contributed by atoms with E-state index in [0.29, 0.717) is 57.1 Å². The van der Waals surface area contributed by atoms with E-state index in [0.717, 1.165) is 16.9 Å². The predicted molar refractivity (Wildman–Crippen MR) is 133 cm³/mol. The van der Waals surface area contributed by atoms with E-state index in [1.807, 2.05) is 36.1 Å². The molecule has 0 aliphatic carbocycles. The number of carbonyl (C=O) groups is 2. The molecule has 2 amide bonds. The first-order valence-electron chi connectivity index (χ1n) is 12.4. The Bertz CT molecular complexity index is 1210. The van der Waals surface area contributed by atoms with Crippen LogP contribution in [0.25, 0.3) is 0 Å². The molecule has 3 heterocycles. The van der Waals surface area contributed by atoms with Gasteiger partial charge in [-0.3, -0.25) is 9.59 Å². The molecule has 2 aliphatic heterocycles. The Morgan fingerprint density at radius 1 is 1.00 bits per heavy atom. The molecule has 0 spiro atoms. The van der Waals surface area contributed by atoms with Gasteiger partial charge in [-0.15, -0.1) is 5.10 Å². The van der Waals surface area contributed by atoms with Gasteiger partial charge in [-0.2, -0.15) is 0 Å². The Labute approximate surface area is 210 Å². The molecule has 1 atom stereocenters. The maximum atomic E-state index is 13.2. The van der Waals surface area contributed by atoms with E-state index >= 15 is 0 Å². The number of aromatic nitrogens is 3. The molecular formula is C27H31N5O4. The zero-order chi connectivity index (χ0) is 25.1. The lowest BCUT2D eigenvalue weighted by Crippen LogP contribution is -2.51. The second-order valence-corrected chi connectivity index (χ2v) is 9.20. The van der Waals surface area contributed by atoms with Gasteiger partial charge in [-0.05, 0) is 37.1 Å². The Hall–Kier alpha value is -3.72. The third kappa shape index (κ3) is 5.11. The zero-order valence-electron chi connectivity index (χ0n) is 20.7. The van der Waals surface area contributed by atoms with Crippen LogP contribution in [-0.4, -0.2) is 69.4 Å². The first kappa shape index (κ1) is 24.0. The summed E-state index contributed by atoms with van der Waals surface area (Å²) in [4.78, 5) is 29.6. The maximum Gasteiger partial charge on any atom is 0.276 e. The average Bonchev–Trinajstić information content (AvgIpc) is 3.33. The summed E-state index contributed by atoms with van der Waals surface area (Å²) in [5.41, 5.74) is 4.27. The minimum absolute atomic E-state index is 0.0582. The van der Waals surface area contributed by atoms with Crippen LogP contribution in [0, 0.1) is 6.92 Å². The van der Waals surface area contributed by atoms with Gasteiger partial charge in [0.1, 0.15) is 11.9 Å². The van der Waals surface area contributed by atoms with Gasteiger partial charge in [0.05, 0.1) is 31.9 Å². The highest BCUT2D eigenvalue weighted by atomic mass is 16.5. The fourth-order valence-electron chi connectivity index (χ4n) is 4.63. The molecule has 9 nitrogen and oxygen atoms in total. The van der Waals surface area contributed by atoms with Crippen molar-refractivity contribution in [3.8, 4) is 5.75 Å². The molecule has 1 aromatic heterocycles. The number of nitrogens with zero attached hydrogens (tertiary/aromatic N) is 5. The Morgan fingerprint density at radius 2 is 1.69 bits per heavy atom. The first-order chi connectivity index (χ1) is 17.5. The molecule has 0 saturated carbocycles. The van der Waals surface area contributed by atoms with E-state index in [9.17, 15) is 9.59 Å². The third-order valence-corrected chi connectivity index (χ3v) is 6.76. The SMILES string of the molecule is CCOc1ccc(CC(=O)N2CCN(C(=O)c3nnn4c3CO[C@@H](c3ccc(C)cc3)C4)CC2)cc1. The van der Waals surface area contributed by atoms with E-state index in [4.69, 9.17) is 9.47 Å². The van der Waals surface area contributed by atoms with Gasteiger partial charge in [0, 0.05) is 26.2 Å². The van der Waals surface area contributed by atoms with Crippen molar-refractivity contribution in [3.63, 3.8) is 0 Å². The number of aryl methyl sites for hydroxylation is 1. The molecule has 0 N–H and O–H groups in total. The Balaban J connectivity index is 1.16. The predicted octanol–water partition coefficient (Wildman–Crippen LogP) is 2.78. The molecule has 0 bridgehead atoms. The number of piperazine rings is 1. The number of amides is 2. The number of ether oxygens (including phenoxy) is 2. The second-order valence-electron chi connectivity index (χ2n) is 9.20. The summed E-state index contributed by atoms with van der Waals surface area (Å²) in [5.74, 6) is 0.697. The van der Waals surface area contributed by atoms with E-state index < -0.39 is 0 Å². The highest BCUT2D eigenvalue weighted by Gasteiger charge is 2.32. The highest BCUT2D eigenvalue weighted by molar-refractivity contribution is 5.93. The molecular weight excluding hydrogens is 458 g/mol. The molecule has 1 fully saturated rings. The van der Waals surface area contributed by atoms with Crippen LogP contribution in [0.4, 0.5) is 0 Å². The van der Waals surface area contributed by atoms with Crippen LogP contribution in [0.1, 0.15) is 45.9 Å². The zero-order valence-corrected chi connectivity index (χ0v) is 20.7. The van der Waals surface area contributed by atoms with Crippen molar-refractivity contribution in [3.05, 3.63) is 76.6 Å². The van der Waals surface area contributed by atoms with Crippen LogP contribution in [0.5, 0.6) is 5.75 Å². The maximum absolute atomic E-state index is 13.2. The lowest BCUT2D eigenvalue weighted by Gasteiger charge is -2.34. The number of hydrogen-bond donors (Lipinski definition) is 0. The Morgan fingerprint density at radius 3 is 2.39 bits per heavy atom. The van der Waals surface area contributed by atoms with Crippen molar-refractivity contribution in [1.82, 2.24) is 24.8 Å². The van der Waals surface area contributed by atoms with E-state index in [1.165, 1.54) is 5.56 Å². The number of fused-ring (bicyclic) bond motifs is 1. The van der Waals surface area contributed by atoms with Crippen molar-refractivity contribution >= 4 is 11.8 Å². The summed E-state index contributed by atoms with van der Waals surface area (Å²) in [6.45, 7) is 7.33. The van der Waals surface area contributed by atoms with Crippen molar-refractivity contribution < 1.29 is 19.1 Å². The lowest BCUT2D eigenvalue weighted by molar-refractivity contribution is -0.131. The molecule has 9 heteroatoms. The summed E-state index contributed by atoms with van der Waals surface area (Å²) in [5, 5.41) is 8.44. The smallest absolute Gasteiger partial charge is 0.276 e. The van der Waals surface area contributed by atoms with Crippen LogP contribution >= 0.6 is 0 Å². The molecule has 1 saturated heterocycles. The molecule has 36 heavy (non-hydrogen) atoms. The van der Waals surface area contributed by atoms with Crippen molar-refractivity contribution in [2.75, 3.05) is 32.8 Å². The van der Waals surface area contributed by atoms with E-state index in [-0.39, 0.29) is 24.5 Å². The standard InChI is InChI=1S/C27H31N5O4/c1-3-35-22-10-6-20(7-11-22)16-25(33)30-12-14-31(15-13-30)27(34)26-23-18-36-24(17-32(23)29-28-26)21-8-4-19(2)5-9-21/h4-11,24H,3,12-18H2,1-2H3/t24-/m1/s1. The Kier molecular flexibility index (Phi) is 6.99. The topological polar surface area (TPSA) is 89.8 Å². The van der Waals surface area contributed by atoms with Crippen LogP contribution in [0.3, 0.4) is 0 Å². The molecule has 0 radical (unpaired) electrons. The van der Waals surface area contributed by atoms with Crippen LogP contribution in [0.15, 0.2) is 48.5 Å². The fraction of sp³-hybridized carbons (Fsp3) is 0.407. The molecule has 2 aromatic carbocycles. The number of rotatable bonds is 6. The van der Waals surface area contributed by atoms with E-state index in [1.54, 1.807) is 9.58 Å². The summed E-state index contributed by atoms with van der Waals surface area (Å²) in [6, 6.07) is 15.9. The van der Waals surface area contributed by atoms with Crippen molar-refractivity contribution in [2.24, 2.45) is 0 Å². The normalized spacial score (nSPS) is 17.6. The molecule has 5 rings (SSSR count). The van der Waals surface area contributed by atoms with Gasteiger partial charge in [0.15, 0.2) is 5.69 Å². The quantitative estimate of drug-likeness (QED) is 0.529. The van der Waals surface area contributed by atoms with Gasteiger partial charge in [-0.25, -0.2) is 4.68 Å². The second kappa shape index (κ2) is 10.5. The van der Waals surface area contributed by atoms with Crippen LogP contribution in [-0.2, 0) is 29.1 Å². The molecule has 0 unspecified atom stereocenters. The van der Waals surface area contributed by atoms with Gasteiger partial charge in [0.25, 0.3) is 5.91 Å². The van der Waals surface area contributed by atoms with Crippen molar-refractivity contribution in [1.29, 1.82) is 0 Å². The number of benzene rings is 2. The minimum atomic E-state index is -0.160. The largest absolute Gasteiger partial charge is 0.494 e. The lowest BCUT2D eigenvalue weighted by atomic mass is 10.1. The first-order valence-corrected chi connectivity index (χ1v) is 12.4. The third-order valence-electron chi connectivity index (χ3n) is 6.76. The summed E-state index contributed by atoms with van der Waals surface area (Å²) in [6.07, 6.45) is 0.214. The highest BCUT2D eigenvalue weighted by Crippen LogP contribution is 2.27. The summed E-state index contributed by atoms with van der Waals surface area (Å²) < 4.78 is 13.3. The van der Waals surface area contributed by atoms with Gasteiger partial charge >= 0.3 is 0 Å². The van der Waals surface area contributed by atoms with Gasteiger partial charge < -0.3 is 19.3 Å². The molecule has 3 aromatic rings. The van der Waals surface area contributed by atoms with Crippen LogP contribution in [0.2, 0.25) is 0 Å². The molecule has 2 aliphatic rings. The van der Waals surface area contributed by atoms with Gasteiger partial charge in [0.2, 0.25) is 5.91 Å². The van der Waals surface area contributed by atoms with Gasteiger partial charge in [-0.1, -0.05) is 47.2 Å². The minimum Gasteiger partial charge on any atom is -0.494 e. The van der Waals surface area contributed by atoms with Crippen molar-refractivity contribution in [2.45, 2.75) is 39.5 Å². The summed E-state index contributed by atoms with van der Waals surface area (Å²) in [7, 11) is 0. The average molecular weight is 490 g/mol. The number of carbonyl (C=O) groups excluding carboxylic acids is 2. The number of hydrogen-bond acceptors (Lipinski definition) is 6. The summed E-state index contributed by atoms with van der Waals surface area (Å²) >= 11 is 0. The van der Waals surface area contributed by atoms with Crippen LogP contribution < -0.4 is 4.74 Å².